The molecule has 0 saturated carbocycles. The minimum absolute atomic E-state index is 0.535. The van der Waals surface area contributed by atoms with Crippen molar-refractivity contribution in [3.63, 3.8) is 0 Å². The molecule has 18 heavy (non-hydrogen) atoms. The fourth-order valence-corrected chi connectivity index (χ4v) is 3.09. The third-order valence-corrected chi connectivity index (χ3v) is 3.70. The molecule has 90 valence electrons. The molecule has 0 unspecified atom stereocenters. The maximum absolute atomic E-state index is 11.2. The molecule has 0 N–H and O–H groups in total. The molecule has 0 fully saturated rings. The Labute approximate surface area is 121 Å². The highest BCUT2D eigenvalue weighted by atomic mass is 79.9. The number of aldehydes is 2. The van der Waals surface area contributed by atoms with Gasteiger partial charge in [0.15, 0.2) is 12.6 Å². The molecule has 4 heteroatoms. The number of halogens is 2. The van der Waals surface area contributed by atoms with Crippen molar-refractivity contribution >= 4 is 44.4 Å². The maximum atomic E-state index is 11.2. The Hall–Kier alpha value is -1.26. The fourth-order valence-electron chi connectivity index (χ4n) is 1.77. The Morgan fingerprint density at radius 2 is 1.61 bits per heavy atom. The van der Waals surface area contributed by atoms with Gasteiger partial charge in [0.05, 0.1) is 0 Å². The van der Waals surface area contributed by atoms with E-state index in [4.69, 9.17) is 0 Å². The monoisotopic (exact) mass is 366 g/mol. The summed E-state index contributed by atoms with van der Waals surface area (Å²) in [5.74, 6) is 0. The smallest absolute Gasteiger partial charge is 0.151 e. The molecule has 0 bridgehead atoms. The molecular weight excluding hydrogens is 360 g/mol. The predicted octanol–water partition coefficient (Wildman–Crippen LogP) is 4.50. The summed E-state index contributed by atoms with van der Waals surface area (Å²) >= 11 is 6.74. The summed E-state index contributed by atoms with van der Waals surface area (Å²) in [4.78, 5) is 22.3. The van der Waals surface area contributed by atoms with Crippen LogP contribution < -0.4 is 0 Å². The first-order valence-corrected chi connectivity index (χ1v) is 6.74. The number of hydrogen-bond donors (Lipinski definition) is 0. The lowest BCUT2D eigenvalue weighted by molar-refractivity contribution is 0.111. The number of carbonyl (C=O) groups excluding carboxylic acids is 2. The van der Waals surface area contributed by atoms with Gasteiger partial charge in [-0.05, 0) is 39.2 Å². The van der Waals surface area contributed by atoms with Crippen molar-refractivity contribution in [3.8, 4) is 11.1 Å². The Morgan fingerprint density at radius 3 is 2.28 bits per heavy atom. The van der Waals surface area contributed by atoms with Gasteiger partial charge in [-0.3, -0.25) is 9.59 Å². The van der Waals surface area contributed by atoms with Crippen LogP contribution in [0.2, 0.25) is 0 Å². The first-order chi connectivity index (χ1) is 8.67. The van der Waals surface area contributed by atoms with Gasteiger partial charge in [0.2, 0.25) is 0 Å². The van der Waals surface area contributed by atoms with Crippen LogP contribution in [0.1, 0.15) is 20.7 Å². The van der Waals surface area contributed by atoms with E-state index in [1.807, 2.05) is 18.2 Å². The molecule has 2 aromatic rings. The van der Waals surface area contributed by atoms with Gasteiger partial charge in [-0.15, -0.1) is 0 Å². The predicted molar refractivity (Wildman–Crippen MR) is 78.1 cm³/mol. The van der Waals surface area contributed by atoms with Gasteiger partial charge in [0.25, 0.3) is 0 Å². The van der Waals surface area contributed by atoms with Gasteiger partial charge in [-0.25, -0.2) is 0 Å². The van der Waals surface area contributed by atoms with Crippen molar-refractivity contribution in [3.05, 3.63) is 56.5 Å². The van der Waals surface area contributed by atoms with E-state index < -0.39 is 0 Å². The lowest BCUT2D eigenvalue weighted by atomic mass is 9.96. The highest BCUT2D eigenvalue weighted by molar-refractivity contribution is 9.11. The zero-order valence-corrected chi connectivity index (χ0v) is 12.4. The first kappa shape index (κ1) is 13.2. The van der Waals surface area contributed by atoms with Crippen LogP contribution in [0.15, 0.2) is 45.3 Å². The molecule has 0 aromatic heterocycles. The SMILES string of the molecule is O=Cc1ccccc1-c1cc(Br)cc(Br)c1C=O. The first-order valence-electron chi connectivity index (χ1n) is 5.16. The van der Waals surface area contributed by atoms with E-state index in [0.29, 0.717) is 15.6 Å². The summed E-state index contributed by atoms with van der Waals surface area (Å²) in [6.45, 7) is 0. The Balaban J connectivity index is 2.77. The van der Waals surface area contributed by atoms with Crippen LogP contribution in [0.5, 0.6) is 0 Å². The molecule has 0 aliphatic carbocycles. The van der Waals surface area contributed by atoms with Crippen LogP contribution in [-0.2, 0) is 0 Å². The van der Waals surface area contributed by atoms with Crippen molar-refractivity contribution in [2.75, 3.05) is 0 Å². The standard InChI is InChI=1S/C14H8Br2O2/c15-10-5-12(13(8-18)14(16)6-10)11-4-2-1-3-9(11)7-17/h1-8H. The highest BCUT2D eigenvalue weighted by Crippen LogP contribution is 2.33. The van der Waals surface area contributed by atoms with E-state index in [-0.39, 0.29) is 0 Å². The molecule has 2 aromatic carbocycles. The minimum Gasteiger partial charge on any atom is -0.298 e. The summed E-state index contributed by atoms with van der Waals surface area (Å²) in [5.41, 5.74) is 2.57. The molecule has 2 rings (SSSR count). The van der Waals surface area contributed by atoms with Crippen LogP contribution in [0.4, 0.5) is 0 Å². The van der Waals surface area contributed by atoms with E-state index in [1.165, 1.54) is 0 Å². The Bertz CT molecular complexity index is 621. The molecule has 0 heterocycles. The van der Waals surface area contributed by atoms with Crippen molar-refractivity contribution in [2.24, 2.45) is 0 Å². The lowest BCUT2D eigenvalue weighted by Crippen LogP contribution is -1.93. The number of hydrogen-bond acceptors (Lipinski definition) is 2. The van der Waals surface area contributed by atoms with E-state index in [9.17, 15) is 9.59 Å². The lowest BCUT2D eigenvalue weighted by Gasteiger charge is -2.10. The van der Waals surface area contributed by atoms with E-state index in [1.54, 1.807) is 18.2 Å². The zero-order valence-electron chi connectivity index (χ0n) is 9.19. The summed E-state index contributed by atoms with van der Waals surface area (Å²) in [6, 6.07) is 10.8. The van der Waals surface area contributed by atoms with Gasteiger partial charge in [-0.1, -0.05) is 40.2 Å². The molecule has 0 spiro atoms. The van der Waals surface area contributed by atoms with E-state index >= 15 is 0 Å². The zero-order chi connectivity index (χ0) is 13.1. The Morgan fingerprint density at radius 1 is 0.889 bits per heavy atom. The van der Waals surface area contributed by atoms with Crippen LogP contribution >= 0.6 is 31.9 Å². The molecule has 0 aliphatic rings. The molecule has 0 amide bonds. The molecule has 0 radical (unpaired) electrons. The molecule has 0 atom stereocenters. The van der Waals surface area contributed by atoms with Crippen molar-refractivity contribution in [1.82, 2.24) is 0 Å². The Kier molecular flexibility index (Phi) is 4.09. The second-order valence-corrected chi connectivity index (χ2v) is 5.44. The number of rotatable bonds is 3. The van der Waals surface area contributed by atoms with Crippen LogP contribution in [-0.4, -0.2) is 12.6 Å². The molecule has 2 nitrogen and oxygen atoms in total. The average Bonchev–Trinajstić information content (AvgIpc) is 2.38. The summed E-state index contributed by atoms with van der Waals surface area (Å²) < 4.78 is 1.54. The second kappa shape index (κ2) is 5.59. The van der Waals surface area contributed by atoms with Gasteiger partial charge >= 0.3 is 0 Å². The topological polar surface area (TPSA) is 34.1 Å². The highest BCUT2D eigenvalue weighted by Gasteiger charge is 2.12. The summed E-state index contributed by atoms with van der Waals surface area (Å²) in [7, 11) is 0. The van der Waals surface area contributed by atoms with Gasteiger partial charge in [-0.2, -0.15) is 0 Å². The van der Waals surface area contributed by atoms with Crippen molar-refractivity contribution < 1.29 is 9.59 Å². The largest absolute Gasteiger partial charge is 0.298 e. The minimum atomic E-state index is 0.535. The van der Waals surface area contributed by atoms with Gasteiger partial charge in [0, 0.05) is 20.1 Å². The van der Waals surface area contributed by atoms with E-state index in [2.05, 4.69) is 31.9 Å². The molecule has 0 aliphatic heterocycles. The quantitative estimate of drug-likeness (QED) is 0.748. The van der Waals surface area contributed by atoms with E-state index in [0.717, 1.165) is 28.2 Å². The summed E-state index contributed by atoms with van der Waals surface area (Å²) in [6.07, 6.45) is 1.58. The fraction of sp³-hybridized carbons (Fsp3) is 0. The van der Waals surface area contributed by atoms with Crippen molar-refractivity contribution in [1.29, 1.82) is 0 Å². The van der Waals surface area contributed by atoms with Gasteiger partial charge in [0.1, 0.15) is 0 Å². The molecular formula is C14H8Br2O2. The molecule has 0 saturated heterocycles. The number of carbonyl (C=O) groups is 2. The maximum Gasteiger partial charge on any atom is 0.151 e. The van der Waals surface area contributed by atoms with Crippen LogP contribution in [0.3, 0.4) is 0 Å². The van der Waals surface area contributed by atoms with Crippen LogP contribution in [0, 0.1) is 0 Å². The number of benzene rings is 2. The third kappa shape index (κ3) is 2.44. The normalized spacial score (nSPS) is 10.1. The van der Waals surface area contributed by atoms with Crippen molar-refractivity contribution in [2.45, 2.75) is 0 Å². The van der Waals surface area contributed by atoms with Gasteiger partial charge < -0.3 is 0 Å². The average molecular weight is 368 g/mol. The summed E-state index contributed by atoms with van der Waals surface area (Å²) in [5, 5.41) is 0. The third-order valence-electron chi connectivity index (χ3n) is 2.59. The second-order valence-electron chi connectivity index (χ2n) is 3.67. The van der Waals surface area contributed by atoms with Crippen LogP contribution in [0.25, 0.3) is 11.1 Å².